The van der Waals surface area contributed by atoms with Gasteiger partial charge < -0.3 is 9.84 Å². The Morgan fingerprint density at radius 2 is 1.83 bits per heavy atom. The van der Waals surface area contributed by atoms with E-state index in [1.807, 2.05) is 0 Å². The number of aliphatic hydroxyl groups excluding tert-OH is 1. The molecule has 6 aliphatic rings. The Labute approximate surface area is 183 Å². The first-order chi connectivity index (χ1) is 14.3. The van der Waals surface area contributed by atoms with Crippen molar-refractivity contribution < 1.29 is 9.84 Å². The molecule has 6 rings (SSSR count). The van der Waals surface area contributed by atoms with Gasteiger partial charge in [-0.15, -0.1) is 0 Å². The summed E-state index contributed by atoms with van der Waals surface area (Å²) in [5, 5.41) is 14.1. The molecule has 3 heteroatoms. The third-order valence-electron chi connectivity index (χ3n) is 11.7. The van der Waals surface area contributed by atoms with Gasteiger partial charge in [0, 0.05) is 17.9 Å². The van der Waals surface area contributed by atoms with Crippen LogP contribution in [-0.2, 0) is 4.74 Å². The fraction of sp³-hybridized carbons (Fsp3) is 0.926. The van der Waals surface area contributed by atoms with Gasteiger partial charge in [0.25, 0.3) is 0 Å². The van der Waals surface area contributed by atoms with Gasteiger partial charge in [-0.1, -0.05) is 39.3 Å². The van der Waals surface area contributed by atoms with Crippen LogP contribution in [0.4, 0.5) is 0 Å². The Kier molecular flexibility index (Phi) is 4.44. The quantitative estimate of drug-likeness (QED) is 0.530. The Morgan fingerprint density at radius 1 is 1.03 bits per heavy atom. The minimum atomic E-state index is -0.0990. The van der Waals surface area contributed by atoms with Crippen LogP contribution in [0.5, 0.6) is 0 Å². The normalized spacial score (nSPS) is 59.8. The van der Waals surface area contributed by atoms with Crippen molar-refractivity contribution in [1.29, 1.82) is 0 Å². The van der Waals surface area contributed by atoms with Crippen LogP contribution in [0, 0.1) is 46.3 Å². The molecule has 0 unspecified atom stereocenters. The van der Waals surface area contributed by atoms with E-state index in [1.165, 1.54) is 44.9 Å². The molecule has 5 fully saturated rings. The van der Waals surface area contributed by atoms with Crippen molar-refractivity contribution in [2.24, 2.45) is 46.3 Å². The minimum Gasteiger partial charge on any atom is -0.393 e. The summed E-state index contributed by atoms with van der Waals surface area (Å²) < 4.78 is 7.04. The van der Waals surface area contributed by atoms with Gasteiger partial charge in [-0.25, -0.2) is 0 Å². The first-order valence-electron chi connectivity index (χ1n) is 13.1. The SMILES string of the molecule is C[C@@H]1CC[C@]2(NC1)O[C@@H]1C[C@@H]3[C@@H]4CC=C5C[C@H](O)CC[C@]5(C)[C@@H]4CC[C@H]3[C@@]1(C)[C@@H]2C. The molecule has 0 aromatic carbocycles. The molecule has 2 aliphatic heterocycles. The highest BCUT2D eigenvalue weighted by Crippen LogP contribution is 2.69. The molecule has 4 aliphatic carbocycles. The average molecular weight is 414 g/mol. The largest absolute Gasteiger partial charge is 0.393 e. The summed E-state index contributed by atoms with van der Waals surface area (Å²) in [6.07, 6.45) is 13.8. The minimum absolute atomic E-state index is 0.0567. The second-order valence-corrected chi connectivity index (χ2v) is 12.7. The lowest BCUT2D eigenvalue weighted by molar-refractivity contribution is -0.110. The van der Waals surface area contributed by atoms with Crippen LogP contribution in [0.3, 0.4) is 0 Å². The molecule has 2 saturated heterocycles. The van der Waals surface area contributed by atoms with Gasteiger partial charge in [0.05, 0.1) is 12.2 Å². The van der Waals surface area contributed by atoms with Gasteiger partial charge in [-0.2, -0.15) is 0 Å². The van der Waals surface area contributed by atoms with E-state index >= 15 is 0 Å². The van der Waals surface area contributed by atoms with Crippen molar-refractivity contribution in [3.63, 3.8) is 0 Å². The van der Waals surface area contributed by atoms with Crippen molar-refractivity contribution in [2.75, 3.05) is 6.54 Å². The van der Waals surface area contributed by atoms with Crippen LogP contribution in [-0.4, -0.2) is 29.6 Å². The lowest BCUT2D eigenvalue weighted by Crippen LogP contribution is -2.57. The molecule has 2 N–H and O–H groups in total. The summed E-state index contributed by atoms with van der Waals surface area (Å²) in [5.41, 5.74) is 2.21. The number of nitrogens with one attached hydrogen (secondary N) is 1. The topological polar surface area (TPSA) is 41.5 Å². The molecule has 2 heterocycles. The molecule has 1 spiro atoms. The molecule has 3 nitrogen and oxygen atoms in total. The molecule has 11 atom stereocenters. The van der Waals surface area contributed by atoms with Gasteiger partial charge in [0.15, 0.2) is 0 Å². The second-order valence-electron chi connectivity index (χ2n) is 12.7. The summed E-state index contributed by atoms with van der Waals surface area (Å²) >= 11 is 0. The molecule has 0 aromatic heterocycles. The third kappa shape index (κ3) is 2.49. The number of fused-ring (bicyclic) bond motifs is 7. The van der Waals surface area contributed by atoms with Crippen LogP contribution < -0.4 is 5.32 Å². The highest BCUT2D eigenvalue weighted by molar-refractivity contribution is 5.26. The van der Waals surface area contributed by atoms with Gasteiger partial charge in [0.1, 0.15) is 5.72 Å². The summed E-state index contributed by atoms with van der Waals surface area (Å²) in [6, 6.07) is 0. The summed E-state index contributed by atoms with van der Waals surface area (Å²) in [4.78, 5) is 0. The number of hydrogen-bond donors (Lipinski definition) is 2. The monoisotopic (exact) mass is 413 g/mol. The maximum Gasteiger partial charge on any atom is 0.122 e. The average Bonchev–Trinajstić information content (AvgIpc) is 3.12. The van der Waals surface area contributed by atoms with Crippen molar-refractivity contribution in [1.82, 2.24) is 5.32 Å². The first kappa shape index (κ1) is 20.2. The molecule has 0 radical (unpaired) electrons. The predicted molar refractivity (Wildman–Crippen MR) is 120 cm³/mol. The lowest BCUT2D eigenvalue weighted by atomic mass is 9.49. The number of allylic oxidation sites excluding steroid dienone is 1. The van der Waals surface area contributed by atoms with Gasteiger partial charge in [-0.3, -0.25) is 5.32 Å². The molecular formula is C27H43NO2. The van der Waals surface area contributed by atoms with Crippen molar-refractivity contribution in [3.05, 3.63) is 11.6 Å². The second kappa shape index (κ2) is 6.58. The molecule has 30 heavy (non-hydrogen) atoms. The van der Waals surface area contributed by atoms with Gasteiger partial charge >= 0.3 is 0 Å². The van der Waals surface area contributed by atoms with E-state index in [2.05, 4.69) is 39.1 Å². The molecule has 3 saturated carbocycles. The lowest BCUT2D eigenvalue weighted by Gasteiger charge is -2.56. The zero-order valence-corrected chi connectivity index (χ0v) is 19.6. The van der Waals surface area contributed by atoms with Gasteiger partial charge in [0.2, 0.25) is 0 Å². The number of hydrogen-bond acceptors (Lipinski definition) is 3. The smallest absolute Gasteiger partial charge is 0.122 e. The fourth-order valence-electron chi connectivity index (χ4n) is 9.70. The number of rotatable bonds is 0. The summed E-state index contributed by atoms with van der Waals surface area (Å²) in [6.45, 7) is 11.1. The standard InChI is InChI=1S/C27H43NO2/c1-16-9-12-27(28-15-16)17(2)26(4)23-8-7-22-20(21(23)14-24(26)30-27)6-5-18-13-19(29)10-11-25(18,22)3/h5,16-17,19-24,28-29H,6-15H2,1-4H3/t16-,17+,19-,20+,21-,22-,23-,24-,25+,26-,27+/m1/s1. The Morgan fingerprint density at radius 3 is 2.60 bits per heavy atom. The third-order valence-corrected chi connectivity index (χ3v) is 11.7. The Hall–Kier alpha value is -0.380. The summed E-state index contributed by atoms with van der Waals surface area (Å²) in [5.74, 6) is 4.70. The maximum atomic E-state index is 10.3. The molecule has 0 aromatic rings. The number of ether oxygens (including phenoxy) is 1. The van der Waals surface area contributed by atoms with E-state index in [1.54, 1.807) is 5.57 Å². The molecule has 0 amide bonds. The van der Waals surface area contributed by atoms with Crippen LogP contribution in [0.2, 0.25) is 0 Å². The van der Waals surface area contributed by atoms with Crippen LogP contribution in [0.25, 0.3) is 0 Å². The van der Waals surface area contributed by atoms with Crippen molar-refractivity contribution in [2.45, 2.75) is 103 Å². The van der Waals surface area contributed by atoms with Crippen LogP contribution in [0.1, 0.15) is 85.5 Å². The molecular weight excluding hydrogens is 370 g/mol. The zero-order valence-electron chi connectivity index (χ0n) is 19.6. The van der Waals surface area contributed by atoms with Crippen molar-refractivity contribution >= 4 is 0 Å². The van der Waals surface area contributed by atoms with Crippen LogP contribution in [0.15, 0.2) is 11.6 Å². The first-order valence-corrected chi connectivity index (χ1v) is 13.1. The predicted octanol–water partition coefficient (Wildman–Crippen LogP) is 5.29. The van der Waals surface area contributed by atoms with Crippen LogP contribution >= 0.6 is 0 Å². The van der Waals surface area contributed by atoms with Crippen molar-refractivity contribution in [3.8, 4) is 0 Å². The van der Waals surface area contributed by atoms with E-state index < -0.39 is 0 Å². The molecule has 0 bridgehead atoms. The Bertz CT molecular complexity index is 739. The van der Waals surface area contributed by atoms with E-state index in [4.69, 9.17) is 4.74 Å². The fourth-order valence-corrected chi connectivity index (χ4v) is 9.70. The molecule has 168 valence electrons. The number of piperidine rings is 1. The highest BCUT2D eigenvalue weighted by Gasteiger charge is 2.69. The summed E-state index contributed by atoms with van der Waals surface area (Å²) in [7, 11) is 0. The van der Waals surface area contributed by atoms with E-state index in [0.29, 0.717) is 22.9 Å². The van der Waals surface area contributed by atoms with Gasteiger partial charge in [-0.05, 0) is 92.8 Å². The maximum absolute atomic E-state index is 10.3. The highest BCUT2D eigenvalue weighted by atomic mass is 16.5. The van der Waals surface area contributed by atoms with E-state index in [-0.39, 0.29) is 11.8 Å². The van der Waals surface area contributed by atoms with E-state index in [9.17, 15) is 5.11 Å². The number of aliphatic hydroxyl groups is 1. The Balaban J connectivity index is 1.28. The zero-order chi connectivity index (χ0) is 20.9. The van der Waals surface area contributed by atoms with E-state index in [0.717, 1.165) is 49.0 Å².